The van der Waals surface area contributed by atoms with Gasteiger partial charge in [0, 0.05) is 31.2 Å². The van der Waals surface area contributed by atoms with Gasteiger partial charge >= 0.3 is 0 Å². The molecular weight excluding hydrogens is 256 g/mol. The minimum absolute atomic E-state index is 0.314. The molecule has 1 heterocycles. The summed E-state index contributed by atoms with van der Waals surface area (Å²) in [6, 6.07) is 11.2. The fourth-order valence-electron chi connectivity index (χ4n) is 2.94. The van der Waals surface area contributed by atoms with Crippen LogP contribution in [0.5, 0.6) is 0 Å². The number of piperidine rings is 1. The van der Waals surface area contributed by atoms with Gasteiger partial charge in [0.15, 0.2) is 0 Å². The molecule has 0 amide bonds. The Morgan fingerprint density at radius 1 is 1.19 bits per heavy atom. The lowest BCUT2D eigenvalue weighted by atomic mass is 9.98. The van der Waals surface area contributed by atoms with Crippen molar-refractivity contribution in [2.45, 2.75) is 52.1 Å². The smallest absolute Gasteiger partial charge is 0.0167 e. The quantitative estimate of drug-likeness (QED) is 0.902. The van der Waals surface area contributed by atoms with Crippen LogP contribution in [0.15, 0.2) is 35.9 Å². The average molecular weight is 286 g/mol. The maximum Gasteiger partial charge on any atom is 0.0167 e. The molecule has 21 heavy (non-hydrogen) atoms. The second-order valence-corrected chi connectivity index (χ2v) is 7.21. The van der Waals surface area contributed by atoms with E-state index in [9.17, 15) is 0 Å². The molecule has 1 fully saturated rings. The zero-order valence-corrected chi connectivity index (χ0v) is 14.0. The minimum Gasteiger partial charge on any atom is -0.310 e. The molecule has 1 aromatic rings. The number of benzene rings is 1. The number of likely N-dealkylation sites (tertiary alicyclic amines) is 1. The second kappa shape index (κ2) is 7.24. The Morgan fingerprint density at radius 3 is 2.38 bits per heavy atom. The third kappa shape index (κ3) is 5.29. The third-order valence-corrected chi connectivity index (χ3v) is 4.33. The van der Waals surface area contributed by atoms with Crippen molar-refractivity contribution < 1.29 is 0 Å². The van der Waals surface area contributed by atoms with Gasteiger partial charge in [-0.1, -0.05) is 42.0 Å². The molecule has 2 nitrogen and oxygen atoms in total. The van der Waals surface area contributed by atoms with Gasteiger partial charge in [-0.3, -0.25) is 4.90 Å². The predicted molar refractivity (Wildman–Crippen MR) is 92.4 cm³/mol. The molecule has 1 N–H and O–H groups in total. The van der Waals surface area contributed by atoms with Crippen molar-refractivity contribution in [1.29, 1.82) is 0 Å². The molecule has 0 aliphatic carbocycles. The summed E-state index contributed by atoms with van der Waals surface area (Å²) in [5.41, 5.74) is 3.01. The fourth-order valence-corrected chi connectivity index (χ4v) is 2.94. The van der Waals surface area contributed by atoms with Crippen molar-refractivity contribution in [3.8, 4) is 0 Å². The standard InChI is InChI=1S/C19H30N2/c1-16(14-17-8-6-5-7-9-17)15-20-18-10-12-21(13-11-18)19(2,3)4/h5-9,14,18,20H,10-13,15H2,1-4H3/b16-14-. The molecule has 0 bridgehead atoms. The highest BCUT2D eigenvalue weighted by Gasteiger charge is 2.26. The van der Waals surface area contributed by atoms with E-state index < -0.39 is 0 Å². The maximum atomic E-state index is 3.72. The molecule has 1 aliphatic rings. The number of rotatable bonds is 4. The maximum absolute atomic E-state index is 3.72. The summed E-state index contributed by atoms with van der Waals surface area (Å²) in [5.74, 6) is 0. The van der Waals surface area contributed by atoms with Crippen LogP contribution in [0, 0.1) is 0 Å². The molecule has 116 valence electrons. The molecule has 0 atom stereocenters. The predicted octanol–water partition coefficient (Wildman–Crippen LogP) is 3.94. The van der Waals surface area contributed by atoms with Gasteiger partial charge in [0.25, 0.3) is 0 Å². The van der Waals surface area contributed by atoms with Gasteiger partial charge in [0.05, 0.1) is 0 Å². The average Bonchev–Trinajstić information content (AvgIpc) is 2.46. The lowest BCUT2D eigenvalue weighted by Gasteiger charge is -2.41. The Balaban J connectivity index is 1.76. The summed E-state index contributed by atoms with van der Waals surface area (Å²) >= 11 is 0. The van der Waals surface area contributed by atoms with E-state index in [0.29, 0.717) is 11.6 Å². The van der Waals surface area contributed by atoms with Gasteiger partial charge in [0.2, 0.25) is 0 Å². The molecule has 1 aliphatic heterocycles. The molecule has 1 aromatic carbocycles. The summed E-state index contributed by atoms with van der Waals surface area (Å²) < 4.78 is 0. The second-order valence-electron chi connectivity index (χ2n) is 7.21. The topological polar surface area (TPSA) is 15.3 Å². The lowest BCUT2D eigenvalue weighted by molar-refractivity contribution is 0.0970. The van der Waals surface area contributed by atoms with Crippen molar-refractivity contribution in [2.75, 3.05) is 19.6 Å². The van der Waals surface area contributed by atoms with E-state index >= 15 is 0 Å². The Morgan fingerprint density at radius 2 is 1.81 bits per heavy atom. The Bertz CT molecular complexity index is 448. The summed E-state index contributed by atoms with van der Waals surface area (Å²) in [6.45, 7) is 12.6. The van der Waals surface area contributed by atoms with E-state index in [1.807, 2.05) is 0 Å². The van der Waals surface area contributed by atoms with Crippen LogP contribution in [-0.4, -0.2) is 36.1 Å². The van der Waals surface area contributed by atoms with Crippen LogP contribution in [0.4, 0.5) is 0 Å². The first-order valence-electron chi connectivity index (χ1n) is 8.16. The van der Waals surface area contributed by atoms with Crippen molar-refractivity contribution in [1.82, 2.24) is 10.2 Å². The number of nitrogens with zero attached hydrogens (tertiary/aromatic N) is 1. The van der Waals surface area contributed by atoms with Crippen molar-refractivity contribution in [3.05, 3.63) is 41.5 Å². The summed E-state index contributed by atoms with van der Waals surface area (Å²) in [5, 5.41) is 3.72. The van der Waals surface area contributed by atoms with Gasteiger partial charge in [-0.2, -0.15) is 0 Å². The third-order valence-electron chi connectivity index (χ3n) is 4.33. The zero-order chi connectivity index (χ0) is 15.3. The van der Waals surface area contributed by atoms with E-state index in [1.54, 1.807) is 0 Å². The summed E-state index contributed by atoms with van der Waals surface area (Å²) in [4.78, 5) is 2.60. The molecule has 0 aromatic heterocycles. The van der Waals surface area contributed by atoms with Crippen LogP contribution in [0.1, 0.15) is 46.1 Å². The van der Waals surface area contributed by atoms with Gasteiger partial charge in [-0.15, -0.1) is 0 Å². The lowest BCUT2D eigenvalue weighted by Crippen LogP contribution is -2.50. The van der Waals surface area contributed by atoms with E-state index in [2.05, 4.69) is 74.3 Å². The van der Waals surface area contributed by atoms with Crippen LogP contribution in [0.3, 0.4) is 0 Å². The molecule has 2 heteroatoms. The minimum atomic E-state index is 0.314. The van der Waals surface area contributed by atoms with E-state index in [1.165, 1.54) is 37.1 Å². The van der Waals surface area contributed by atoms with E-state index in [-0.39, 0.29) is 0 Å². The number of nitrogens with one attached hydrogen (secondary N) is 1. The van der Waals surface area contributed by atoms with Crippen LogP contribution in [0.25, 0.3) is 6.08 Å². The van der Waals surface area contributed by atoms with E-state index in [0.717, 1.165) is 6.54 Å². The molecule has 0 radical (unpaired) electrons. The fraction of sp³-hybridized carbons (Fsp3) is 0.579. The van der Waals surface area contributed by atoms with Crippen LogP contribution < -0.4 is 5.32 Å². The molecule has 0 saturated carbocycles. The highest BCUT2D eigenvalue weighted by atomic mass is 15.2. The van der Waals surface area contributed by atoms with E-state index in [4.69, 9.17) is 0 Å². The molecule has 0 unspecified atom stereocenters. The SMILES string of the molecule is C/C(=C/c1ccccc1)CNC1CCN(C(C)(C)C)CC1. The Hall–Kier alpha value is -1.12. The Labute approximate surface area is 130 Å². The molecular formula is C19H30N2. The van der Waals surface area contributed by atoms with Crippen LogP contribution in [0.2, 0.25) is 0 Å². The van der Waals surface area contributed by atoms with Crippen LogP contribution >= 0.6 is 0 Å². The van der Waals surface area contributed by atoms with Gasteiger partial charge < -0.3 is 5.32 Å². The molecule has 1 saturated heterocycles. The van der Waals surface area contributed by atoms with Crippen LogP contribution in [-0.2, 0) is 0 Å². The first kappa shape index (κ1) is 16.3. The van der Waals surface area contributed by atoms with Gasteiger partial charge in [-0.25, -0.2) is 0 Å². The van der Waals surface area contributed by atoms with Gasteiger partial charge in [0.1, 0.15) is 0 Å². The number of hydrogen-bond donors (Lipinski definition) is 1. The largest absolute Gasteiger partial charge is 0.310 e. The zero-order valence-electron chi connectivity index (χ0n) is 14.0. The summed E-state index contributed by atoms with van der Waals surface area (Å²) in [6.07, 6.45) is 4.79. The van der Waals surface area contributed by atoms with Crippen molar-refractivity contribution in [2.24, 2.45) is 0 Å². The van der Waals surface area contributed by atoms with Crippen molar-refractivity contribution >= 4 is 6.08 Å². The monoisotopic (exact) mass is 286 g/mol. The Kier molecular flexibility index (Phi) is 5.60. The highest BCUT2D eigenvalue weighted by molar-refractivity contribution is 5.52. The first-order valence-corrected chi connectivity index (χ1v) is 8.16. The van der Waals surface area contributed by atoms with Gasteiger partial charge in [-0.05, 0) is 46.1 Å². The highest BCUT2D eigenvalue weighted by Crippen LogP contribution is 2.20. The normalized spacial score (nSPS) is 19.0. The summed E-state index contributed by atoms with van der Waals surface area (Å²) in [7, 11) is 0. The number of hydrogen-bond acceptors (Lipinski definition) is 2. The molecule has 0 spiro atoms. The van der Waals surface area contributed by atoms with Crippen molar-refractivity contribution in [3.63, 3.8) is 0 Å². The first-order chi connectivity index (χ1) is 9.95. The molecule has 2 rings (SSSR count).